The van der Waals surface area contributed by atoms with Gasteiger partial charge >= 0.3 is 5.97 Å². The molecule has 1 N–H and O–H groups in total. The Morgan fingerprint density at radius 3 is 3.19 bits per heavy atom. The molecule has 0 radical (unpaired) electrons. The zero-order chi connectivity index (χ0) is 11.4. The number of carboxylic acids is 1. The predicted molar refractivity (Wildman–Crippen MR) is 56.9 cm³/mol. The zero-order valence-electron chi connectivity index (χ0n) is 8.87. The Hall–Kier alpha value is -1.46. The highest BCUT2D eigenvalue weighted by Crippen LogP contribution is 2.08. The van der Waals surface area contributed by atoms with Crippen LogP contribution in [0.4, 0.5) is 0 Å². The van der Waals surface area contributed by atoms with Gasteiger partial charge in [0.05, 0.1) is 12.3 Å². The lowest BCUT2D eigenvalue weighted by atomic mass is 10.2. The van der Waals surface area contributed by atoms with Gasteiger partial charge in [0.2, 0.25) is 0 Å². The summed E-state index contributed by atoms with van der Waals surface area (Å²) in [5, 5.41) is 8.85. The van der Waals surface area contributed by atoms with Gasteiger partial charge in [0, 0.05) is 25.8 Å². The van der Waals surface area contributed by atoms with E-state index in [0.717, 1.165) is 12.2 Å². The van der Waals surface area contributed by atoms with E-state index in [2.05, 4.69) is 4.98 Å². The summed E-state index contributed by atoms with van der Waals surface area (Å²) in [4.78, 5) is 17.0. The second-order valence-corrected chi connectivity index (χ2v) is 3.75. The van der Waals surface area contributed by atoms with E-state index in [1.54, 1.807) is 6.20 Å². The number of carboxylic acid groups (broad SMARTS) is 1. The molecule has 1 aliphatic heterocycles. The van der Waals surface area contributed by atoms with Gasteiger partial charge in [0.15, 0.2) is 6.10 Å². The number of rotatable bonds is 3. The third kappa shape index (κ3) is 2.77. The van der Waals surface area contributed by atoms with Gasteiger partial charge in [-0.3, -0.25) is 9.88 Å². The minimum absolute atomic E-state index is 0.423. The summed E-state index contributed by atoms with van der Waals surface area (Å²) >= 11 is 0. The lowest BCUT2D eigenvalue weighted by Crippen LogP contribution is -2.45. The Kier molecular flexibility index (Phi) is 3.48. The smallest absolute Gasteiger partial charge is 0.334 e. The SMILES string of the molecule is O=C(O)[C@H]1CN(Cc2ccccn2)CCO1. The minimum Gasteiger partial charge on any atom is -0.479 e. The summed E-state index contributed by atoms with van der Waals surface area (Å²) in [7, 11) is 0. The quantitative estimate of drug-likeness (QED) is 0.800. The normalized spacial score (nSPS) is 21.9. The average Bonchev–Trinajstić information content (AvgIpc) is 2.30. The van der Waals surface area contributed by atoms with E-state index >= 15 is 0 Å². The number of aliphatic carboxylic acids is 1. The van der Waals surface area contributed by atoms with Gasteiger partial charge in [-0.1, -0.05) is 6.07 Å². The van der Waals surface area contributed by atoms with Crippen LogP contribution in [0.1, 0.15) is 5.69 Å². The summed E-state index contributed by atoms with van der Waals surface area (Å²) in [6.45, 7) is 2.31. The fraction of sp³-hybridized carbons (Fsp3) is 0.455. The summed E-state index contributed by atoms with van der Waals surface area (Å²) in [5.41, 5.74) is 0.952. The molecule has 0 aromatic carbocycles. The van der Waals surface area contributed by atoms with Crippen molar-refractivity contribution in [1.82, 2.24) is 9.88 Å². The van der Waals surface area contributed by atoms with Crippen LogP contribution in [0.5, 0.6) is 0 Å². The maximum atomic E-state index is 10.8. The molecule has 1 atom stereocenters. The summed E-state index contributed by atoms with van der Waals surface area (Å²) < 4.78 is 5.15. The van der Waals surface area contributed by atoms with Gasteiger partial charge in [0.1, 0.15) is 0 Å². The first-order valence-electron chi connectivity index (χ1n) is 5.22. The first-order chi connectivity index (χ1) is 7.75. The Labute approximate surface area is 93.7 Å². The molecular formula is C11H14N2O3. The zero-order valence-corrected chi connectivity index (χ0v) is 8.87. The van der Waals surface area contributed by atoms with E-state index in [0.29, 0.717) is 19.7 Å². The number of morpholine rings is 1. The van der Waals surface area contributed by atoms with Crippen molar-refractivity contribution < 1.29 is 14.6 Å². The monoisotopic (exact) mass is 222 g/mol. The third-order valence-electron chi connectivity index (χ3n) is 2.54. The van der Waals surface area contributed by atoms with Crippen molar-refractivity contribution >= 4 is 5.97 Å². The number of pyridine rings is 1. The largest absolute Gasteiger partial charge is 0.479 e. The van der Waals surface area contributed by atoms with Crippen LogP contribution < -0.4 is 0 Å². The summed E-state index contributed by atoms with van der Waals surface area (Å²) in [6.07, 6.45) is 1.03. The van der Waals surface area contributed by atoms with Crippen molar-refractivity contribution in [1.29, 1.82) is 0 Å². The van der Waals surface area contributed by atoms with E-state index < -0.39 is 12.1 Å². The van der Waals surface area contributed by atoms with Gasteiger partial charge in [-0.05, 0) is 12.1 Å². The van der Waals surface area contributed by atoms with Crippen molar-refractivity contribution in [2.45, 2.75) is 12.6 Å². The van der Waals surface area contributed by atoms with E-state index in [-0.39, 0.29) is 0 Å². The molecule has 0 unspecified atom stereocenters. The van der Waals surface area contributed by atoms with Crippen molar-refractivity contribution in [2.75, 3.05) is 19.7 Å². The molecule has 1 saturated heterocycles. The molecule has 0 bridgehead atoms. The van der Waals surface area contributed by atoms with Crippen LogP contribution >= 0.6 is 0 Å². The third-order valence-corrected chi connectivity index (χ3v) is 2.54. The first kappa shape index (κ1) is 11.0. The summed E-state index contributed by atoms with van der Waals surface area (Å²) in [6, 6.07) is 5.73. The van der Waals surface area contributed by atoms with Crippen molar-refractivity contribution in [2.24, 2.45) is 0 Å². The van der Waals surface area contributed by atoms with Crippen LogP contribution in [-0.2, 0) is 16.1 Å². The Morgan fingerprint density at radius 2 is 2.50 bits per heavy atom. The molecule has 1 aromatic rings. The van der Waals surface area contributed by atoms with Crippen LogP contribution in [-0.4, -0.2) is 46.8 Å². The van der Waals surface area contributed by atoms with Crippen LogP contribution in [0.2, 0.25) is 0 Å². The maximum absolute atomic E-state index is 10.8. The summed E-state index contributed by atoms with van der Waals surface area (Å²) in [5.74, 6) is -0.897. The van der Waals surface area contributed by atoms with E-state index in [4.69, 9.17) is 9.84 Å². The van der Waals surface area contributed by atoms with Crippen LogP contribution in [0, 0.1) is 0 Å². The van der Waals surface area contributed by atoms with Crippen LogP contribution in [0.25, 0.3) is 0 Å². The van der Waals surface area contributed by atoms with Gasteiger partial charge in [-0.15, -0.1) is 0 Å². The molecule has 0 amide bonds. The van der Waals surface area contributed by atoms with Gasteiger partial charge in [-0.25, -0.2) is 4.79 Å². The van der Waals surface area contributed by atoms with E-state index in [9.17, 15) is 4.79 Å². The molecule has 0 saturated carbocycles. The molecule has 2 heterocycles. The number of hydrogen-bond acceptors (Lipinski definition) is 4. The predicted octanol–water partition coefficient (Wildman–Crippen LogP) is 0.367. The maximum Gasteiger partial charge on any atom is 0.334 e. The molecule has 2 rings (SSSR count). The molecule has 5 heteroatoms. The first-order valence-corrected chi connectivity index (χ1v) is 5.22. The second kappa shape index (κ2) is 5.05. The highest BCUT2D eigenvalue weighted by Gasteiger charge is 2.26. The van der Waals surface area contributed by atoms with Gasteiger partial charge in [0.25, 0.3) is 0 Å². The molecule has 1 aromatic heterocycles. The van der Waals surface area contributed by atoms with E-state index in [1.165, 1.54) is 0 Å². The molecule has 16 heavy (non-hydrogen) atoms. The molecule has 1 fully saturated rings. The topological polar surface area (TPSA) is 62.7 Å². The number of aromatic nitrogens is 1. The molecular weight excluding hydrogens is 208 g/mol. The second-order valence-electron chi connectivity index (χ2n) is 3.75. The van der Waals surface area contributed by atoms with Crippen LogP contribution in [0.3, 0.4) is 0 Å². The Morgan fingerprint density at radius 1 is 1.62 bits per heavy atom. The number of nitrogens with zero attached hydrogens (tertiary/aromatic N) is 2. The van der Waals surface area contributed by atoms with Crippen molar-refractivity contribution in [3.63, 3.8) is 0 Å². The highest BCUT2D eigenvalue weighted by atomic mass is 16.5. The molecule has 0 spiro atoms. The molecule has 5 nitrogen and oxygen atoms in total. The standard InChI is InChI=1S/C11H14N2O3/c14-11(15)10-8-13(5-6-16-10)7-9-3-1-2-4-12-9/h1-4,10H,5-8H2,(H,14,15)/t10-/m1/s1. The van der Waals surface area contributed by atoms with E-state index in [1.807, 2.05) is 23.1 Å². The molecule has 86 valence electrons. The lowest BCUT2D eigenvalue weighted by molar-refractivity contribution is -0.156. The Bertz CT molecular complexity index is 356. The van der Waals surface area contributed by atoms with Crippen LogP contribution in [0.15, 0.2) is 24.4 Å². The molecule has 1 aliphatic rings. The average molecular weight is 222 g/mol. The molecule has 0 aliphatic carbocycles. The fourth-order valence-corrected chi connectivity index (χ4v) is 1.72. The lowest BCUT2D eigenvalue weighted by Gasteiger charge is -2.30. The van der Waals surface area contributed by atoms with Gasteiger partial charge in [-0.2, -0.15) is 0 Å². The van der Waals surface area contributed by atoms with Crippen molar-refractivity contribution in [3.05, 3.63) is 30.1 Å². The fourth-order valence-electron chi connectivity index (χ4n) is 1.72. The Balaban J connectivity index is 1.93. The number of hydrogen-bond donors (Lipinski definition) is 1. The number of carbonyl (C=O) groups is 1. The number of ether oxygens (including phenoxy) is 1. The highest BCUT2D eigenvalue weighted by molar-refractivity contribution is 5.72. The van der Waals surface area contributed by atoms with Crippen molar-refractivity contribution in [3.8, 4) is 0 Å². The minimum atomic E-state index is -0.897. The van der Waals surface area contributed by atoms with Gasteiger partial charge < -0.3 is 9.84 Å².